The van der Waals surface area contributed by atoms with Gasteiger partial charge in [-0.05, 0) is 84.5 Å². The second-order valence-electron chi connectivity index (χ2n) is 7.84. The van der Waals surface area contributed by atoms with E-state index in [-0.39, 0.29) is 11.8 Å². The molecule has 0 saturated carbocycles. The second-order valence-corrected chi connectivity index (χ2v) is 8.84. The van der Waals surface area contributed by atoms with Crippen LogP contribution in [0.3, 0.4) is 0 Å². The summed E-state index contributed by atoms with van der Waals surface area (Å²) in [4.78, 5) is 18.1. The number of aryl methyl sites for hydroxylation is 2. The molecule has 2 aromatic rings. The van der Waals surface area contributed by atoms with Gasteiger partial charge in [-0.25, -0.2) is 0 Å². The fourth-order valence-electron chi connectivity index (χ4n) is 4.09. The van der Waals surface area contributed by atoms with Gasteiger partial charge in [0.15, 0.2) is 6.35 Å². The van der Waals surface area contributed by atoms with E-state index in [1.54, 1.807) is 0 Å². The van der Waals surface area contributed by atoms with Crippen molar-refractivity contribution in [2.45, 2.75) is 52.4 Å². The minimum absolute atomic E-state index is 0.0180. The predicted molar refractivity (Wildman–Crippen MR) is 105 cm³/mol. The molecule has 3 rings (SSSR count). The number of benzene rings is 2. The molecule has 5 heteroatoms. The van der Waals surface area contributed by atoms with Crippen molar-refractivity contribution in [2.24, 2.45) is 0 Å². The second kappa shape index (κ2) is 7.19. The molecule has 0 radical (unpaired) electrons. The highest BCUT2D eigenvalue weighted by molar-refractivity contribution is 7.44. The van der Waals surface area contributed by atoms with E-state index in [0.29, 0.717) is 11.5 Å². The lowest BCUT2D eigenvalue weighted by atomic mass is 9.84. The Morgan fingerprint density at radius 2 is 1.77 bits per heavy atom. The molecule has 0 bridgehead atoms. The highest BCUT2D eigenvalue weighted by Crippen LogP contribution is 2.45. The molecule has 0 heterocycles. The molecule has 26 heavy (non-hydrogen) atoms. The van der Waals surface area contributed by atoms with Crippen molar-refractivity contribution < 1.29 is 19.6 Å². The summed E-state index contributed by atoms with van der Waals surface area (Å²) in [5.74, 6) is 1.07. The Balaban J connectivity index is 1.92. The molecule has 0 aliphatic heterocycles. The summed E-state index contributed by atoms with van der Waals surface area (Å²) >= 11 is 0. The van der Waals surface area contributed by atoms with Gasteiger partial charge in [-0.15, -0.1) is 0 Å². The number of phenols is 1. The van der Waals surface area contributed by atoms with E-state index >= 15 is 0 Å². The van der Waals surface area contributed by atoms with Crippen molar-refractivity contribution in [1.29, 1.82) is 0 Å². The van der Waals surface area contributed by atoms with E-state index in [0.717, 1.165) is 36.0 Å². The van der Waals surface area contributed by atoms with Crippen LogP contribution in [0.15, 0.2) is 24.3 Å². The summed E-state index contributed by atoms with van der Waals surface area (Å²) in [6.07, 6.45) is 2.81. The summed E-state index contributed by atoms with van der Waals surface area (Å²) < 4.78 is 5.45. The van der Waals surface area contributed by atoms with Crippen LogP contribution in [0, 0.1) is 13.8 Å². The van der Waals surface area contributed by atoms with Crippen LogP contribution in [-0.2, 0) is 18.3 Å². The SMILES string of the molecule is Cc1cc(OCP(O)O)cc(C)c1Cc1ccc(O)c2c1CCC2(C)C. The maximum Gasteiger partial charge on any atom is 0.205 e. The summed E-state index contributed by atoms with van der Waals surface area (Å²) in [7, 11) is -2.05. The molecule has 0 spiro atoms. The molecule has 0 amide bonds. The van der Waals surface area contributed by atoms with Crippen LogP contribution >= 0.6 is 8.38 Å². The zero-order valence-electron chi connectivity index (χ0n) is 15.8. The van der Waals surface area contributed by atoms with Crippen LogP contribution in [0.5, 0.6) is 11.5 Å². The van der Waals surface area contributed by atoms with Gasteiger partial charge in [-0.3, -0.25) is 0 Å². The maximum absolute atomic E-state index is 10.4. The molecule has 0 aromatic heterocycles. The van der Waals surface area contributed by atoms with E-state index in [2.05, 4.69) is 27.7 Å². The van der Waals surface area contributed by atoms with Crippen molar-refractivity contribution in [2.75, 3.05) is 6.35 Å². The van der Waals surface area contributed by atoms with E-state index in [1.807, 2.05) is 24.3 Å². The molecule has 4 nitrogen and oxygen atoms in total. The number of aromatic hydroxyl groups is 1. The first-order chi connectivity index (χ1) is 12.2. The molecular weight excluding hydrogens is 347 g/mol. The van der Waals surface area contributed by atoms with Gasteiger partial charge in [0.05, 0.1) is 0 Å². The minimum Gasteiger partial charge on any atom is -0.508 e. The monoisotopic (exact) mass is 374 g/mol. The Labute approximate surface area is 156 Å². The first-order valence-corrected chi connectivity index (χ1v) is 10.3. The third kappa shape index (κ3) is 3.73. The van der Waals surface area contributed by atoms with Crippen molar-refractivity contribution in [1.82, 2.24) is 0 Å². The van der Waals surface area contributed by atoms with Gasteiger partial charge in [-0.2, -0.15) is 0 Å². The van der Waals surface area contributed by atoms with Crippen LogP contribution in [0.2, 0.25) is 0 Å². The molecule has 140 valence electrons. The first-order valence-electron chi connectivity index (χ1n) is 8.91. The predicted octanol–water partition coefficient (Wildman–Crippen LogP) is 4.46. The number of ether oxygens (including phenoxy) is 1. The highest BCUT2D eigenvalue weighted by atomic mass is 31.2. The van der Waals surface area contributed by atoms with Crippen molar-refractivity contribution in [3.05, 3.63) is 57.6 Å². The Kier molecular flexibility index (Phi) is 5.30. The van der Waals surface area contributed by atoms with E-state index in [1.165, 1.54) is 16.7 Å². The van der Waals surface area contributed by atoms with Crippen molar-refractivity contribution in [3.8, 4) is 11.5 Å². The number of phenolic OH excluding ortho intramolecular Hbond substituents is 1. The molecule has 1 aliphatic carbocycles. The van der Waals surface area contributed by atoms with Crippen LogP contribution in [0.4, 0.5) is 0 Å². The Bertz CT molecular complexity index is 804. The van der Waals surface area contributed by atoms with Gasteiger partial charge in [0.1, 0.15) is 11.5 Å². The van der Waals surface area contributed by atoms with Gasteiger partial charge >= 0.3 is 0 Å². The molecule has 0 unspecified atom stereocenters. The number of hydrogen-bond donors (Lipinski definition) is 3. The Morgan fingerprint density at radius 3 is 2.38 bits per heavy atom. The smallest absolute Gasteiger partial charge is 0.205 e. The summed E-state index contributed by atoms with van der Waals surface area (Å²) in [5, 5.41) is 10.4. The van der Waals surface area contributed by atoms with Gasteiger partial charge < -0.3 is 19.6 Å². The van der Waals surface area contributed by atoms with Gasteiger partial charge in [0.25, 0.3) is 0 Å². The van der Waals surface area contributed by atoms with Crippen LogP contribution in [0.1, 0.15) is 53.6 Å². The quantitative estimate of drug-likeness (QED) is 0.676. The average Bonchev–Trinajstić information content (AvgIpc) is 2.87. The molecule has 1 aliphatic rings. The Hall–Kier alpha value is -1.61. The lowest BCUT2D eigenvalue weighted by Crippen LogP contribution is -2.12. The first kappa shape index (κ1) is 19.2. The zero-order valence-corrected chi connectivity index (χ0v) is 16.7. The lowest BCUT2D eigenvalue weighted by molar-refractivity contribution is 0.347. The van der Waals surface area contributed by atoms with Gasteiger partial charge in [0.2, 0.25) is 8.38 Å². The van der Waals surface area contributed by atoms with Gasteiger partial charge in [-0.1, -0.05) is 19.9 Å². The highest BCUT2D eigenvalue weighted by Gasteiger charge is 2.34. The maximum atomic E-state index is 10.4. The molecular formula is C21H27O4P. The van der Waals surface area contributed by atoms with Gasteiger partial charge in [0, 0.05) is 5.56 Å². The lowest BCUT2D eigenvalue weighted by Gasteiger charge is -2.21. The summed E-state index contributed by atoms with van der Waals surface area (Å²) in [6, 6.07) is 7.77. The third-order valence-electron chi connectivity index (χ3n) is 5.45. The molecule has 3 N–H and O–H groups in total. The van der Waals surface area contributed by atoms with E-state index < -0.39 is 8.38 Å². The molecule has 0 atom stereocenters. The third-order valence-corrected chi connectivity index (χ3v) is 5.81. The van der Waals surface area contributed by atoms with E-state index in [4.69, 9.17) is 14.5 Å². The molecule has 0 fully saturated rings. The van der Waals surface area contributed by atoms with Crippen LogP contribution in [-0.4, -0.2) is 21.2 Å². The minimum atomic E-state index is -2.05. The number of rotatable bonds is 5. The topological polar surface area (TPSA) is 69.9 Å². The van der Waals surface area contributed by atoms with Crippen molar-refractivity contribution in [3.63, 3.8) is 0 Å². The summed E-state index contributed by atoms with van der Waals surface area (Å²) in [5.41, 5.74) is 7.19. The zero-order chi connectivity index (χ0) is 19.1. The number of fused-ring (bicyclic) bond motifs is 1. The fourth-order valence-corrected chi connectivity index (χ4v) is 4.35. The van der Waals surface area contributed by atoms with E-state index in [9.17, 15) is 5.11 Å². The normalized spacial score (nSPS) is 15.3. The summed E-state index contributed by atoms with van der Waals surface area (Å²) in [6.45, 7) is 8.51. The van der Waals surface area contributed by atoms with Crippen LogP contribution < -0.4 is 4.74 Å². The Morgan fingerprint density at radius 1 is 1.12 bits per heavy atom. The van der Waals surface area contributed by atoms with Crippen molar-refractivity contribution >= 4 is 8.38 Å². The average molecular weight is 374 g/mol. The largest absolute Gasteiger partial charge is 0.508 e. The van der Waals surface area contributed by atoms with Crippen LogP contribution in [0.25, 0.3) is 0 Å². The molecule has 2 aromatic carbocycles. The standard InChI is InChI=1S/C21H27O4P/c1-13-9-16(25-12-26(23)24)10-14(2)18(13)11-15-5-6-19(22)20-17(15)7-8-21(20,3)4/h5-6,9-10,22-24H,7-8,11-12H2,1-4H3. The number of hydrogen-bond acceptors (Lipinski definition) is 4. The molecule has 0 saturated heterocycles. The fraction of sp³-hybridized carbons (Fsp3) is 0.429.